The van der Waals surface area contributed by atoms with Crippen LogP contribution in [0.4, 0.5) is 0 Å². The van der Waals surface area contributed by atoms with Crippen LogP contribution in [0, 0.1) is 34.5 Å². The lowest BCUT2D eigenvalue weighted by molar-refractivity contribution is -0.149. The number of ketones is 1. The number of hydrogen-bond acceptors (Lipinski definition) is 2. The second kappa shape index (κ2) is 3.93. The van der Waals surface area contributed by atoms with Gasteiger partial charge in [-0.1, -0.05) is 26.7 Å². The molecule has 5 fully saturated rings. The monoisotopic (exact) mass is 288 g/mol. The van der Waals surface area contributed by atoms with Gasteiger partial charge in [0.05, 0.1) is 6.10 Å². The van der Waals surface area contributed by atoms with E-state index in [1.165, 1.54) is 44.9 Å². The Morgan fingerprint density at radius 2 is 1.90 bits per heavy atom. The number of epoxide rings is 1. The molecule has 0 radical (unpaired) electrons. The van der Waals surface area contributed by atoms with Crippen molar-refractivity contribution in [2.24, 2.45) is 34.5 Å². The van der Waals surface area contributed by atoms with Crippen LogP contribution in [0.2, 0.25) is 0 Å². The first-order valence-corrected chi connectivity index (χ1v) is 9.25. The van der Waals surface area contributed by atoms with Gasteiger partial charge < -0.3 is 4.74 Å². The molecule has 0 bridgehead atoms. The molecule has 0 aromatic carbocycles. The fourth-order valence-corrected chi connectivity index (χ4v) is 7.37. The van der Waals surface area contributed by atoms with Crippen molar-refractivity contribution in [1.82, 2.24) is 0 Å². The van der Waals surface area contributed by atoms with Crippen molar-refractivity contribution < 1.29 is 9.53 Å². The second-order valence-electron chi connectivity index (χ2n) is 9.16. The van der Waals surface area contributed by atoms with E-state index in [9.17, 15) is 4.79 Å². The molecule has 2 nitrogen and oxygen atoms in total. The third-order valence-corrected chi connectivity index (χ3v) is 8.54. The summed E-state index contributed by atoms with van der Waals surface area (Å²) in [6.07, 6.45) is 11.3. The lowest BCUT2D eigenvalue weighted by Gasteiger charge is -2.59. The molecule has 1 heterocycles. The lowest BCUT2D eigenvalue weighted by atomic mass is 9.45. The van der Waals surface area contributed by atoms with Gasteiger partial charge in [0.2, 0.25) is 0 Å². The van der Waals surface area contributed by atoms with Crippen molar-refractivity contribution in [1.29, 1.82) is 0 Å². The normalized spacial score (nSPS) is 61.5. The molecule has 1 saturated heterocycles. The molecule has 8 atom stereocenters. The minimum absolute atomic E-state index is 0.00404. The Labute approximate surface area is 128 Å². The summed E-state index contributed by atoms with van der Waals surface area (Å²) in [6, 6.07) is 0. The fraction of sp³-hybridized carbons (Fsp3) is 0.947. The highest BCUT2D eigenvalue weighted by molar-refractivity contribution is 5.94. The van der Waals surface area contributed by atoms with Crippen LogP contribution in [0.25, 0.3) is 0 Å². The van der Waals surface area contributed by atoms with E-state index in [1.807, 2.05) is 0 Å². The Kier molecular flexibility index (Phi) is 2.45. The molecule has 4 saturated carbocycles. The predicted octanol–water partition coefficient (Wildman–Crippen LogP) is 3.98. The van der Waals surface area contributed by atoms with Gasteiger partial charge >= 0.3 is 0 Å². The Bertz CT molecular complexity index is 500. The van der Waals surface area contributed by atoms with Crippen molar-refractivity contribution in [2.45, 2.75) is 77.4 Å². The van der Waals surface area contributed by atoms with Gasteiger partial charge in [0.15, 0.2) is 5.78 Å². The van der Waals surface area contributed by atoms with E-state index in [0.717, 1.165) is 24.2 Å². The molecule has 5 rings (SSSR count). The van der Waals surface area contributed by atoms with Gasteiger partial charge in [-0.15, -0.1) is 0 Å². The van der Waals surface area contributed by atoms with Crippen LogP contribution in [0.5, 0.6) is 0 Å². The first-order chi connectivity index (χ1) is 10.1. The van der Waals surface area contributed by atoms with Crippen molar-refractivity contribution in [3.63, 3.8) is 0 Å². The molecular formula is C19H28O2. The second-order valence-corrected chi connectivity index (χ2v) is 9.16. The first-order valence-electron chi connectivity index (χ1n) is 9.25. The van der Waals surface area contributed by atoms with E-state index in [2.05, 4.69) is 13.8 Å². The minimum Gasteiger partial charge on any atom is -0.361 e. The maximum atomic E-state index is 12.6. The molecule has 4 aliphatic carbocycles. The number of fused-ring (bicyclic) bond motifs is 7. The Hall–Kier alpha value is -0.370. The van der Waals surface area contributed by atoms with E-state index in [1.54, 1.807) is 0 Å². The van der Waals surface area contributed by atoms with Crippen LogP contribution in [0.3, 0.4) is 0 Å². The molecule has 0 unspecified atom stereocenters. The Morgan fingerprint density at radius 1 is 1.05 bits per heavy atom. The average Bonchev–Trinajstić information content (AvgIpc) is 3.21. The molecule has 2 heteroatoms. The maximum Gasteiger partial charge on any atom is 0.170 e. The zero-order valence-electron chi connectivity index (χ0n) is 13.4. The van der Waals surface area contributed by atoms with E-state index < -0.39 is 0 Å². The van der Waals surface area contributed by atoms with Gasteiger partial charge in [-0.3, -0.25) is 4.79 Å². The SMILES string of the molecule is C[C@]12CCCC[C@@H]1CC[C@@H]1[C@@H]3[C@H]4O[C@@H]4C(=O)[C@@]3(C)CC[C@H]12. The third kappa shape index (κ3) is 1.46. The topological polar surface area (TPSA) is 29.6 Å². The summed E-state index contributed by atoms with van der Waals surface area (Å²) in [5.41, 5.74) is 0.533. The highest BCUT2D eigenvalue weighted by Crippen LogP contribution is 2.68. The molecule has 0 N–H and O–H groups in total. The summed E-state index contributed by atoms with van der Waals surface area (Å²) in [7, 11) is 0. The predicted molar refractivity (Wildman–Crippen MR) is 80.8 cm³/mol. The maximum absolute atomic E-state index is 12.6. The molecule has 0 aromatic heterocycles. The number of carbonyl (C=O) groups excluding carboxylic acids is 1. The molecule has 0 aromatic rings. The number of carbonyl (C=O) groups is 1. The van der Waals surface area contributed by atoms with Gasteiger partial charge in [-0.2, -0.15) is 0 Å². The molecule has 21 heavy (non-hydrogen) atoms. The number of rotatable bonds is 0. The van der Waals surface area contributed by atoms with Crippen LogP contribution in [0.1, 0.15) is 65.2 Å². The quantitative estimate of drug-likeness (QED) is 0.631. The smallest absolute Gasteiger partial charge is 0.170 e. The third-order valence-electron chi connectivity index (χ3n) is 8.54. The molecular weight excluding hydrogens is 260 g/mol. The molecule has 5 aliphatic rings. The summed E-state index contributed by atoms with van der Waals surface area (Å²) >= 11 is 0. The highest BCUT2D eigenvalue weighted by Gasteiger charge is 2.72. The molecule has 0 spiro atoms. The standard InChI is InChI=1S/C19H28O2/c1-18-9-4-3-5-11(18)6-7-12-13(18)8-10-19(2)14(12)15-16(21-15)17(19)20/h11-16H,3-10H2,1-2H3/t11-,12+,13-,14-,15-,16+,18+,19+/m1/s1. The van der Waals surface area contributed by atoms with Crippen molar-refractivity contribution in [2.75, 3.05) is 0 Å². The minimum atomic E-state index is -0.0351. The zero-order valence-corrected chi connectivity index (χ0v) is 13.4. The first kappa shape index (κ1) is 13.1. The van der Waals surface area contributed by atoms with Crippen molar-refractivity contribution >= 4 is 5.78 Å². The number of hydrogen-bond donors (Lipinski definition) is 0. The van der Waals surface area contributed by atoms with Crippen LogP contribution < -0.4 is 0 Å². The van der Waals surface area contributed by atoms with E-state index in [4.69, 9.17) is 4.74 Å². The van der Waals surface area contributed by atoms with Gasteiger partial charge in [0.25, 0.3) is 0 Å². The largest absolute Gasteiger partial charge is 0.361 e. The zero-order chi connectivity index (χ0) is 14.4. The Balaban J connectivity index is 1.52. The van der Waals surface area contributed by atoms with Crippen molar-refractivity contribution in [3.05, 3.63) is 0 Å². The van der Waals surface area contributed by atoms with E-state index in [-0.39, 0.29) is 11.5 Å². The lowest BCUT2D eigenvalue weighted by Crippen LogP contribution is -2.54. The summed E-state index contributed by atoms with van der Waals surface area (Å²) in [5, 5.41) is 0. The van der Waals surface area contributed by atoms with Crippen LogP contribution in [0.15, 0.2) is 0 Å². The van der Waals surface area contributed by atoms with Gasteiger partial charge in [0.1, 0.15) is 6.10 Å². The average molecular weight is 288 g/mol. The van der Waals surface area contributed by atoms with E-state index in [0.29, 0.717) is 23.2 Å². The van der Waals surface area contributed by atoms with E-state index >= 15 is 0 Å². The number of ether oxygens (including phenoxy) is 1. The summed E-state index contributed by atoms with van der Waals surface area (Å²) in [4.78, 5) is 12.6. The fourth-order valence-electron chi connectivity index (χ4n) is 7.37. The van der Waals surface area contributed by atoms with Crippen molar-refractivity contribution in [3.8, 4) is 0 Å². The van der Waals surface area contributed by atoms with Crippen LogP contribution in [-0.4, -0.2) is 18.0 Å². The molecule has 1 aliphatic heterocycles. The van der Waals surface area contributed by atoms with Gasteiger partial charge in [0, 0.05) is 11.3 Å². The van der Waals surface area contributed by atoms with Gasteiger partial charge in [-0.25, -0.2) is 0 Å². The summed E-state index contributed by atoms with van der Waals surface area (Å²) in [5.74, 6) is 3.60. The van der Waals surface area contributed by atoms with Crippen LogP contribution >= 0.6 is 0 Å². The molecule has 0 amide bonds. The highest BCUT2D eigenvalue weighted by atomic mass is 16.6. The Morgan fingerprint density at radius 3 is 2.76 bits per heavy atom. The number of Topliss-reactive ketones (excluding diaryl/α,β-unsaturated/α-hetero) is 1. The van der Waals surface area contributed by atoms with Crippen LogP contribution in [-0.2, 0) is 9.53 Å². The van der Waals surface area contributed by atoms with Gasteiger partial charge in [-0.05, 0) is 61.7 Å². The summed E-state index contributed by atoms with van der Waals surface area (Å²) in [6.45, 7) is 4.86. The summed E-state index contributed by atoms with van der Waals surface area (Å²) < 4.78 is 5.77. The molecule has 116 valence electrons.